The Hall–Kier alpha value is -1.43. The Morgan fingerprint density at radius 3 is 2.72 bits per heavy atom. The van der Waals surface area contributed by atoms with Crippen molar-refractivity contribution in [2.24, 2.45) is 5.92 Å². The highest BCUT2D eigenvalue weighted by Gasteiger charge is 2.22. The number of piperidine rings is 1. The quantitative estimate of drug-likeness (QED) is 0.823. The topological polar surface area (TPSA) is 73.7 Å². The van der Waals surface area contributed by atoms with Crippen LogP contribution in [0.4, 0.5) is 4.79 Å². The van der Waals surface area contributed by atoms with Gasteiger partial charge in [0.1, 0.15) is 0 Å². The van der Waals surface area contributed by atoms with E-state index in [0.717, 1.165) is 23.5 Å². The van der Waals surface area contributed by atoms with E-state index in [0.29, 0.717) is 19.0 Å². The Morgan fingerprint density at radius 1 is 1.44 bits per heavy atom. The first-order valence-corrected chi connectivity index (χ1v) is 6.89. The smallest absolute Gasteiger partial charge is 0.407 e. The lowest BCUT2D eigenvalue weighted by Gasteiger charge is -2.29. The molecule has 1 aliphatic rings. The number of pyridine rings is 1. The number of rotatable bonds is 3. The van der Waals surface area contributed by atoms with Crippen LogP contribution in [0.1, 0.15) is 12.8 Å². The van der Waals surface area contributed by atoms with Gasteiger partial charge in [-0.1, -0.05) is 0 Å². The van der Waals surface area contributed by atoms with Gasteiger partial charge in [-0.25, -0.2) is 9.78 Å². The van der Waals surface area contributed by atoms with E-state index in [1.807, 2.05) is 6.07 Å². The minimum absolute atomic E-state index is 0.0362. The van der Waals surface area contributed by atoms with Gasteiger partial charge in [0.25, 0.3) is 0 Å². The molecule has 0 bridgehead atoms. The van der Waals surface area contributed by atoms with E-state index < -0.39 is 6.09 Å². The molecule has 1 amide bonds. The summed E-state index contributed by atoms with van der Waals surface area (Å²) < 4.78 is 0. The van der Waals surface area contributed by atoms with Crippen molar-refractivity contribution in [1.29, 1.82) is 0 Å². The van der Waals surface area contributed by atoms with Crippen molar-refractivity contribution in [2.45, 2.75) is 17.7 Å². The lowest BCUT2D eigenvalue weighted by atomic mass is 9.99. The minimum Gasteiger partial charge on any atom is -0.493 e. The number of amides is 1. The van der Waals surface area contributed by atoms with Gasteiger partial charge in [0.05, 0.1) is 0 Å². The number of thioether (sulfide) groups is 1. The molecule has 2 rings (SSSR count). The largest absolute Gasteiger partial charge is 0.493 e. The second kappa shape index (κ2) is 5.95. The van der Waals surface area contributed by atoms with E-state index in [2.05, 4.69) is 4.98 Å². The molecule has 1 aromatic heterocycles. The molecular weight excluding hydrogens is 252 g/mol. The van der Waals surface area contributed by atoms with Gasteiger partial charge in [-0.05, 0) is 24.8 Å². The van der Waals surface area contributed by atoms with Crippen molar-refractivity contribution >= 4 is 17.9 Å². The Labute approximate surface area is 110 Å². The first-order chi connectivity index (χ1) is 8.65. The molecule has 0 atom stereocenters. The summed E-state index contributed by atoms with van der Waals surface area (Å²) in [6.45, 7) is 1.27. The Kier molecular flexibility index (Phi) is 4.30. The maximum absolute atomic E-state index is 10.8. The van der Waals surface area contributed by atoms with Gasteiger partial charge >= 0.3 is 6.09 Å². The summed E-state index contributed by atoms with van der Waals surface area (Å²) in [5.41, 5.74) is 0. The fraction of sp³-hybridized carbons (Fsp3) is 0.500. The number of hydrogen-bond acceptors (Lipinski definition) is 4. The number of hydrogen-bond donors (Lipinski definition) is 2. The molecule has 0 spiro atoms. The summed E-state index contributed by atoms with van der Waals surface area (Å²) >= 11 is 1.71. The van der Waals surface area contributed by atoms with Crippen molar-refractivity contribution in [3.63, 3.8) is 0 Å². The lowest BCUT2D eigenvalue weighted by Crippen LogP contribution is -2.37. The number of aromatic nitrogens is 1. The highest BCUT2D eigenvalue weighted by molar-refractivity contribution is 7.99. The number of aromatic hydroxyl groups is 1. The third-order valence-electron chi connectivity index (χ3n) is 3.09. The zero-order valence-corrected chi connectivity index (χ0v) is 10.8. The molecule has 0 aromatic carbocycles. The second-order valence-corrected chi connectivity index (χ2v) is 5.47. The maximum Gasteiger partial charge on any atom is 0.407 e. The zero-order chi connectivity index (χ0) is 13.0. The summed E-state index contributed by atoms with van der Waals surface area (Å²) in [7, 11) is 0. The third-order valence-corrected chi connectivity index (χ3v) is 4.30. The highest BCUT2D eigenvalue weighted by Crippen LogP contribution is 2.26. The third kappa shape index (κ3) is 3.53. The van der Waals surface area contributed by atoms with Gasteiger partial charge in [0.2, 0.25) is 5.88 Å². The van der Waals surface area contributed by atoms with Gasteiger partial charge in [0.15, 0.2) is 0 Å². The molecule has 1 fully saturated rings. The summed E-state index contributed by atoms with van der Waals surface area (Å²) in [5, 5.41) is 17.9. The van der Waals surface area contributed by atoms with Crippen LogP contribution in [0.2, 0.25) is 0 Å². The summed E-state index contributed by atoms with van der Waals surface area (Å²) in [4.78, 5) is 17.1. The van der Waals surface area contributed by atoms with E-state index in [4.69, 9.17) is 10.2 Å². The van der Waals surface area contributed by atoms with Gasteiger partial charge in [-0.15, -0.1) is 11.8 Å². The fourth-order valence-electron chi connectivity index (χ4n) is 1.96. The summed E-state index contributed by atoms with van der Waals surface area (Å²) in [6.07, 6.45) is 2.69. The Morgan fingerprint density at radius 2 is 2.17 bits per heavy atom. The molecular formula is C12H16N2O3S. The van der Waals surface area contributed by atoms with Crippen molar-refractivity contribution < 1.29 is 15.0 Å². The van der Waals surface area contributed by atoms with E-state index in [1.54, 1.807) is 24.0 Å². The molecule has 0 saturated carbocycles. The predicted molar refractivity (Wildman–Crippen MR) is 68.9 cm³/mol. The van der Waals surface area contributed by atoms with Crippen LogP contribution in [-0.4, -0.2) is 45.0 Å². The number of carbonyl (C=O) groups is 1. The average molecular weight is 268 g/mol. The van der Waals surface area contributed by atoms with E-state index in [1.165, 1.54) is 4.90 Å². The number of nitrogens with zero attached hydrogens (tertiary/aromatic N) is 2. The maximum atomic E-state index is 10.8. The van der Waals surface area contributed by atoms with Crippen LogP contribution in [0.25, 0.3) is 0 Å². The molecule has 18 heavy (non-hydrogen) atoms. The Balaban J connectivity index is 1.75. The molecule has 6 heteroatoms. The van der Waals surface area contributed by atoms with Gasteiger partial charge < -0.3 is 15.1 Å². The van der Waals surface area contributed by atoms with E-state index >= 15 is 0 Å². The molecule has 1 aliphatic heterocycles. The van der Waals surface area contributed by atoms with Crippen LogP contribution in [0.3, 0.4) is 0 Å². The van der Waals surface area contributed by atoms with Crippen molar-refractivity contribution in [3.05, 3.63) is 18.3 Å². The molecule has 98 valence electrons. The van der Waals surface area contributed by atoms with Crippen LogP contribution < -0.4 is 0 Å². The monoisotopic (exact) mass is 268 g/mol. The highest BCUT2D eigenvalue weighted by atomic mass is 32.2. The molecule has 0 aliphatic carbocycles. The van der Waals surface area contributed by atoms with Crippen LogP contribution in [-0.2, 0) is 0 Å². The molecule has 2 heterocycles. The Bertz CT molecular complexity index is 402. The predicted octanol–water partition coefficient (Wildman–Crippen LogP) is 2.27. The zero-order valence-electron chi connectivity index (χ0n) is 9.95. The van der Waals surface area contributed by atoms with Crippen molar-refractivity contribution in [3.8, 4) is 5.88 Å². The van der Waals surface area contributed by atoms with Gasteiger partial charge in [0, 0.05) is 36.0 Å². The summed E-state index contributed by atoms with van der Waals surface area (Å²) in [5.74, 6) is 1.56. The normalized spacial score (nSPS) is 16.8. The fourth-order valence-corrected chi connectivity index (χ4v) is 3.02. The average Bonchev–Trinajstić information content (AvgIpc) is 2.38. The first kappa shape index (κ1) is 13.0. The second-order valence-electron chi connectivity index (χ2n) is 4.38. The number of likely N-dealkylation sites (tertiary alicyclic amines) is 1. The minimum atomic E-state index is -0.816. The van der Waals surface area contributed by atoms with Crippen molar-refractivity contribution in [2.75, 3.05) is 18.8 Å². The lowest BCUT2D eigenvalue weighted by molar-refractivity contribution is 0.127. The van der Waals surface area contributed by atoms with Crippen LogP contribution in [0.15, 0.2) is 23.2 Å². The van der Waals surface area contributed by atoms with Crippen LogP contribution in [0.5, 0.6) is 5.88 Å². The molecule has 0 unspecified atom stereocenters. The molecule has 5 nitrogen and oxygen atoms in total. The first-order valence-electron chi connectivity index (χ1n) is 5.91. The van der Waals surface area contributed by atoms with Gasteiger partial charge in [-0.3, -0.25) is 0 Å². The molecule has 0 radical (unpaired) electrons. The van der Waals surface area contributed by atoms with E-state index in [9.17, 15) is 4.79 Å². The molecule has 2 N–H and O–H groups in total. The van der Waals surface area contributed by atoms with E-state index in [-0.39, 0.29) is 5.88 Å². The van der Waals surface area contributed by atoms with Crippen LogP contribution in [0, 0.1) is 5.92 Å². The molecule has 1 saturated heterocycles. The summed E-state index contributed by atoms with van der Waals surface area (Å²) in [6, 6.07) is 3.43. The SMILES string of the molecule is O=C(O)N1CCC(CSc2ccc(O)nc2)CC1. The molecule has 1 aromatic rings. The van der Waals surface area contributed by atoms with Gasteiger partial charge in [-0.2, -0.15) is 0 Å². The standard InChI is InChI=1S/C12H16N2O3S/c15-11-2-1-10(7-13-11)18-8-9-3-5-14(6-4-9)12(16)17/h1-2,7,9H,3-6,8H2,(H,13,15)(H,16,17). The van der Waals surface area contributed by atoms with Crippen LogP contribution >= 0.6 is 11.8 Å². The number of carboxylic acid groups (broad SMARTS) is 1. The van der Waals surface area contributed by atoms with Crippen molar-refractivity contribution in [1.82, 2.24) is 9.88 Å².